The summed E-state index contributed by atoms with van der Waals surface area (Å²) < 4.78 is 0. The van der Waals surface area contributed by atoms with Gasteiger partial charge in [0.25, 0.3) is 5.91 Å². The van der Waals surface area contributed by atoms with Gasteiger partial charge in [-0.1, -0.05) is 0 Å². The quantitative estimate of drug-likeness (QED) is 0.834. The molecule has 1 saturated heterocycles. The topological polar surface area (TPSA) is 104 Å². The highest BCUT2D eigenvalue weighted by atomic mass is 16.3. The van der Waals surface area contributed by atoms with E-state index in [1.807, 2.05) is 4.90 Å². The zero-order valence-corrected chi connectivity index (χ0v) is 13.5. The molecular weight excluding hydrogens is 308 g/mol. The number of carbonyl (C=O) groups is 1. The normalized spacial score (nSPS) is 20.7. The van der Waals surface area contributed by atoms with E-state index >= 15 is 0 Å². The van der Waals surface area contributed by atoms with Crippen molar-refractivity contribution < 1.29 is 9.90 Å². The molecule has 8 heteroatoms. The third kappa shape index (κ3) is 3.83. The van der Waals surface area contributed by atoms with Gasteiger partial charge in [0, 0.05) is 38.2 Å². The minimum Gasteiger partial charge on any atom is -0.386 e. The second kappa shape index (κ2) is 6.88. The smallest absolute Gasteiger partial charge is 0.270 e. The highest BCUT2D eigenvalue weighted by Crippen LogP contribution is 2.23. The van der Waals surface area contributed by atoms with Crippen molar-refractivity contribution in [3.05, 3.63) is 42.4 Å². The molecule has 1 amide bonds. The second-order valence-corrected chi connectivity index (χ2v) is 5.98. The first-order valence-corrected chi connectivity index (χ1v) is 7.87. The largest absolute Gasteiger partial charge is 0.386 e. The van der Waals surface area contributed by atoms with Gasteiger partial charge in [-0.2, -0.15) is 0 Å². The highest BCUT2D eigenvalue weighted by molar-refractivity contribution is 5.92. The summed E-state index contributed by atoms with van der Waals surface area (Å²) in [6.07, 6.45) is 7.89. The van der Waals surface area contributed by atoms with Crippen molar-refractivity contribution >= 4 is 11.7 Å². The number of nitrogens with one attached hydrogen (secondary N) is 1. The van der Waals surface area contributed by atoms with Crippen LogP contribution in [0, 0.1) is 6.92 Å². The molecule has 0 unspecified atom stereocenters. The molecule has 2 aromatic heterocycles. The lowest BCUT2D eigenvalue weighted by Crippen LogP contribution is -2.54. The summed E-state index contributed by atoms with van der Waals surface area (Å²) in [7, 11) is 0. The standard InChI is InChI=1S/C16H20N6O2/c1-12-18-5-3-13(21-12)15(23)20-10-16(24)4-2-8-22(11-16)14-9-17-6-7-19-14/h3,5-7,9,24H,2,4,8,10-11H2,1H3,(H,20,23)/t16-/m1/s1. The first-order valence-electron chi connectivity index (χ1n) is 7.87. The number of hydrogen-bond donors (Lipinski definition) is 2. The van der Waals surface area contributed by atoms with Gasteiger partial charge >= 0.3 is 0 Å². The van der Waals surface area contributed by atoms with E-state index in [1.54, 1.807) is 37.8 Å². The van der Waals surface area contributed by atoms with Crippen molar-refractivity contribution in [3.63, 3.8) is 0 Å². The molecule has 2 N–H and O–H groups in total. The van der Waals surface area contributed by atoms with Crippen LogP contribution in [0.5, 0.6) is 0 Å². The van der Waals surface area contributed by atoms with Crippen LogP contribution in [0.3, 0.4) is 0 Å². The average Bonchev–Trinajstić information content (AvgIpc) is 2.60. The van der Waals surface area contributed by atoms with E-state index in [2.05, 4.69) is 25.3 Å². The molecule has 3 rings (SSSR count). The van der Waals surface area contributed by atoms with Gasteiger partial charge in [0.15, 0.2) is 0 Å². The van der Waals surface area contributed by atoms with Crippen molar-refractivity contribution in [1.82, 2.24) is 25.3 Å². The number of β-amino-alcohol motifs (C(OH)–C–C–N with tert-alkyl or cyclic N) is 1. The highest BCUT2D eigenvalue weighted by Gasteiger charge is 2.34. The maximum atomic E-state index is 12.2. The Kier molecular flexibility index (Phi) is 4.66. The van der Waals surface area contributed by atoms with Gasteiger partial charge in [0.05, 0.1) is 11.8 Å². The Morgan fingerprint density at radius 3 is 3.00 bits per heavy atom. The fraction of sp³-hybridized carbons (Fsp3) is 0.438. The summed E-state index contributed by atoms with van der Waals surface area (Å²) in [4.78, 5) is 30.6. The van der Waals surface area contributed by atoms with Gasteiger partial charge in [-0.25, -0.2) is 15.0 Å². The van der Waals surface area contributed by atoms with Crippen LogP contribution < -0.4 is 10.2 Å². The van der Waals surface area contributed by atoms with Crippen LogP contribution in [0.2, 0.25) is 0 Å². The van der Waals surface area contributed by atoms with Gasteiger partial charge in [-0.15, -0.1) is 0 Å². The van der Waals surface area contributed by atoms with E-state index in [1.165, 1.54) is 0 Å². The lowest BCUT2D eigenvalue weighted by Gasteiger charge is -2.39. The number of piperidine rings is 1. The molecule has 24 heavy (non-hydrogen) atoms. The van der Waals surface area contributed by atoms with Gasteiger partial charge in [0.1, 0.15) is 17.3 Å². The van der Waals surface area contributed by atoms with E-state index < -0.39 is 5.60 Å². The van der Waals surface area contributed by atoms with Crippen LogP contribution in [0.25, 0.3) is 0 Å². The first kappa shape index (κ1) is 16.3. The van der Waals surface area contributed by atoms with Crippen molar-refractivity contribution in [2.45, 2.75) is 25.4 Å². The third-order valence-corrected chi connectivity index (χ3v) is 4.02. The minimum atomic E-state index is -1.01. The third-order valence-electron chi connectivity index (χ3n) is 4.02. The molecule has 0 radical (unpaired) electrons. The van der Waals surface area contributed by atoms with Crippen molar-refractivity contribution in [2.75, 3.05) is 24.5 Å². The lowest BCUT2D eigenvalue weighted by molar-refractivity contribution is 0.0253. The molecule has 1 atom stereocenters. The molecule has 1 fully saturated rings. The molecule has 3 heterocycles. The predicted molar refractivity (Wildman–Crippen MR) is 87.5 cm³/mol. The molecule has 126 valence electrons. The average molecular weight is 328 g/mol. The summed E-state index contributed by atoms with van der Waals surface area (Å²) in [6.45, 7) is 3.09. The van der Waals surface area contributed by atoms with Crippen LogP contribution >= 0.6 is 0 Å². The van der Waals surface area contributed by atoms with E-state index in [-0.39, 0.29) is 12.5 Å². The SMILES string of the molecule is Cc1nccc(C(=O)NC[C@]2(O)CCCN(c3cnccn3)C2)n1. The van der Waals surface area contributed by atoms with E-state index in [0.29, 0.717) is 24.5 Å². The number of aromatic nitrogens is 4. The van der Waals surface area contributed by atoms with Gasteiger partial charge in [0.2, 0.25) is 0 Å². The fourth-order valence-electron chi connectivity index (χ4n) is 2.82. The zero-order valence-electron chi connectivity index (χ0n) is 13.5. The summed E-state index contributed by atoms with van der Waals surface area (Å²) in [5, 5.41) is 13.6. The molecule has 0 aromatic carbocycles. The number of aryl methyl sites for hydroxylation is 1. The van der Waals surface area contributed by atoms with Gasteiger partial charge < -0.3 is 15.3 Å². The Morgan fingerprint density at radius 1 is 1.38 bits per heavy atom. The Bertz CT molecular complexity index is 711. The molecule has 0 bridgehead atoms. The molecule has 2 aromatic rings. The Morgan fingerprint density at radius 2 is 2.25 bits per heavy atom. The van der Waals surface area contributed by atoms with Crippen LogP contribution in [0.4, 0.5) is 5.82 Å². The predicted octanol–water partition coefficient (Wildman–Crippen LogP) is 0.336. The Labute approximate surface area is 140 Å². The second-order valence-electron chi connectivity index (χ2n) is 5.98. The summed E-state index contributed by atoms with van der Waals surface area (Å²) >= 11 is 0. The summed E-state index contributed by atoms with van der Waals surface area (Å²) in [6, 6.07) is 1.55. The number of amides is 1. The number of aliphatic hydroxyl groups is 1. The van der Waals surface area contributed by atoms with Gasteiger partial charge in [-0.3, -0.25) is 9.78 Å². The number of rotatable bonds is 4. The molecule has 8 nitrogen and oxygen atoms in total. The lowest BCUT2D eigenvalue weighted by atomic mass is 9.92. The molecular formula is C16H20N6O2. The number of anilines is 1. The van der Waals surface area contributed by atoms with E-state index in [9.17, 15) is 9.90 Å². The van der Waals surface area contributed by atoms with E-state index in [4.69, 9.17) is 0 Å². The Hall–Kier alpha value is -2.61. The monoisotopic (exact) mass is 328 g/mol. The van der Waals surface area contributed by atoms with E-state index in [0.717, 1.165) is 18.8 Å². The van der Waals surface area contributed by atoms with Crippen molar-refractivity contribution in [1.29, 1.82) is 0 Å². The number of carbonyl (C=O) groups excluding carboxylic acids is 1. The number of nitrogens with zero attached hydrogens (tertiary/aromatic N) is 5. The summed E-state index contributed by atoms with van der Waals surface area (Å²) in [5.74, 6) is 0.951. The van der Waals surface area contributed by atoms with Crippen LogP contribution in [0.15, 0.2) is 30.9 Å². The van der Waals surface area contributed by atoms with Gasteiger partial charge in [-0.05, 0) is 25.8 Å². The van der Waals surface area contributed by atoms with Crippen molar-refractivity contribution in [2.24, 2.45) is 0 Å². The maximum absolute atomic E-state index is 12.2. The fourth-order valence-corrected chi connectivity index (χ4v) is 2.82. The molecule has 1 aliphatic heterocycles. The molecule has 0 aliphatic carbocycles. The maximum Gasteiger partial charge on any atom is 0.270 e. The first-order chi connectivity index (χ1) is 11.6. The molecule has 0 saturated carbocycles. The Balaban J connectivity index is 1.62. The zero-order chi connectivity index (χ0) is 17.0. The van der Waals surface area contributed by atoms with Crippen LogP contribution in [-0.4, -0.2) is 56.2 Å². The number of hydrogen-bond acceptors (Lipinski definition) is 7. The molecule has 1 aliphatic rings. The van der Waals surface area contributed by atoms with Crippen LogP contribution in [-0.2, 0) is 0 Å². The molecule has 0 spiro atoms. The summed E-state index contributed by atoms with van der Waals surface area (Å²) in [5.41, 5.74) is -0.708. The van der Waals surface area contributed by atoms with Crippen molar-refractivity contribution in [3.8, 4) is 0 Å². The van der Waals surface area contributed by atoms with Crippen LogP contribution in [0.1, 0.15) is 29.2 Å². The minimum absolute atomic E-state index is 0.158.